The molecule has 2 N–H and O–H groups in total. The van der Waals surface area contributed by atoms with Gasteiger partial charge in [-0.15, -0.1) is 0 Å². The van der Waals surface area contributed by atoms with Crippen molar-refractivity contribution in [3.8, 4) is 11.4 Å². The van der Waals surface area contributed by atoms with Crippen LogP contribution in [-0.2, 0) is 0 Å². The molecule has 2 aromatic heterocycles. The van der Waals surface area contributed by atoms with E-state index in [1.807, 2.05) is 32.0 Å². The van der Waals surface area contributed by atoms with Crippen LogP contribution in [0, 0.1) is 5.92 Å². The van der Waals surface area contributed by atoms with Crippen LogP contribution in [0.3, 0.4) is 0 Å². The van der Waals surface area contributed by atoms with Crippen molar-refractivity contribution in [1.29, 1.82) is 0 Å². The third-order valence-corrected chi connectivity index (χ3v) is 3.17. The highest BCUT2D eigenvalue weighted by atomic mass is 16.5. The van der Waals surface area contributed by atoms with Crippen LogP contribution in [0.25, 0.3) is 22.4 Å². The van der Waals surface area contributed by atoms with Crippen LogP contribution in [0.15, 0.2) is 35.1 Å². The van der Waals surface area contributed by atoms with E-state index in [0.29, 0.717) is 11.7 Å². The van der Waals surface area contributed by atoms with Crippen LogP contribution in [0.2, 0.25) is 0 Å². The van der Waals surface area contributed by atoms with Crippen LogP contribution >= 0.6 is 0 Å². The lowest BCUT2D eigenvalue weighted by Crippen LogP contribution is -2.16. The first kappa shape index (κ1) is 12.7. The van der Waals surface area contributed by atoms with Gasteiger partial charge >= 0.3 is 0 Å². The molecule has 0 radical (unpaired) electrons. The number of hydrogen-bond acceptors (Lipinski definition) is 6. The summed E-state index contributed by atoms with van der Waals surface area (Å²) in [5.74, 6) is 1.21. The summed E-state index contributed by atoms with van der Waals surface area (Å²) in [6.45, 7) is 4.03. The van der Waals surface area contributed by atoms with Crippen molar-refractivity contribution >= 4 is 11.0 Å². The van der Waals surface area contributed by atoms with Gasteiger partial charge in [0.2, 0.25) is 11.7 Å². The fourth-order valence-corrected chi connectivity index (χ4v) is 1.88. The lowest BCUT2D eigenvalue weighted by molar-refractivity contribution is 0.325. The summed E-state index contributed by atoms with van der Waals surface area (Å²) in [4.78, 5) is 12.8. The molecule has 102 valence electrons. The predicted octanol–water partition coefficient (Wildman–Crippen LogP) is 2.34. The standard InChI is InChI=1S/C14H15N5O/c1-8(2)12(15)14-18-13(19-20-14)9-3-4-10-11(7-9)17-6-5-16-10/h3-8,12H,15H2,1-2H3. The Morgan fingerprint density at radius 1 is 1.10 bits per heavy atom. The molecule has 0 aliphatic rings. The van der Waals surface area contributed by atoms with Gasteiger partial charge in [0, 0.05) is 18.0 Å². The van der Waals surface area contributed by atoms with E-state index in [9.17, 15) is 0 Å². The number of nitrogens with two attached hydrogens (primary N) is 1. The zero-order valence-corrected chi connectivity index (χ0v) is 11.3. The average Bonchev–Trinajstić information content (AvgIpc) is 2.95. The molecule has 0 fully saturated rings. The maximum absolute atomic E-state index is 6.00. The molecule has 0 saturated carbocycles. The summed E-state index contributed by atoms with van der Waals surface area (Å²) in [5.41, 5.74) is 8.47. The molecule has 0 aliphatic carbocycles. The Labute approximate surface area is 116 Å². The van der Waals surface area contributed by atoms with Gasteiger partial charge in [-0.2, -0.15) is 4.98 Å². The Balaban J connectivity index is 1.99. The van der Waals surface area contributed by atoms with Crippen LogP contribution in [-0.4, -0.2) is 20.1 Å². The number of fused-ring (bicyclic) bond motifs is 1. The molecule has 1 unspecified atom stereocenters. The van der Waals surface area contributed by atoms with Gasteiger partial charge in [0.25, 0.3) is 0 Å². The van der Waals surface area contributed by atoms with Gasteiger partial charge in [0.05, 0.1) is 17.1 Å². The Bertz CT molecular complexity index is 737. The van der Waals surface area contributed by atoms with Crippen LogP contribution in [0.5, 0.6) is 0 Å². The number of nitrogens with zero attached hydrogens (tertiary/aromatic N) is 4. The van der Waals surface area contributed by atoms with E-state index < -0.39 is 0 Å². The Morgan fingerprint density at radius 3 is 2.60 bits per heavy atom. The highest BCUT2D eigenvalue weighted by Crippen LogP contribution is 2.23. The fourth-order valence-electron chi connectivity index (χ4n) is 1.88. The minimum absolute atomic E-state index is 0.241. The second-order valence-electron chi connectivity index (χ2n) is 4.99. The number of benzene rings is 1. The van der Waals surface area contributed by atoms with E-state index in [2.05, 4.69) is 20.1 Å². The summed E-state index contributed by atoms with van der Waals surface area (Å²) >= 11 is 0. The second-order valence-corrected chi connectivity index (χ2v) is 4.99. The molecule has 0 aliphatic heterocycles. The van der Waals surface area contributed by atoms with Crippen molar-refractivity contribution in [2.75, 3.05) is 0 Å². The monoisotopic (exact) mass is 269 g/mol. The molecule has 6 heteroatoms. The first-order valence-corrected chi connectivity index (χ1v) is 6.45. The Kier molecular flexibility index (Phi) is 3.15. The molecule has 0 spiro atoms. The van der Waals surface area contributed by atoms with Crippen LogP contribution < -0.4 is 5.73 Å². The minimum atomic E-state index is -0.253. The number of rotatable bonds is 3. The molecule has 20 heavy (non-hydrogen) atoms. The van der Waals surface area contributed by atoms with Crippen molar-refractivity contribution in [3.63, 3.8) is 0 Å². The number of hydrogen-bond donors (Lipinski definition) is 1. The number of aromatic nitrogens is 4. The molecule has 1 atom stereocenters. The molecule has 3 aromatic rings. The van der Waals surface area contributed by atoms with Crippen molar-refractivity contribution < 1.29 is 4.52 Å². The van der Waals surface area contributed by atoms with E-state index >= 15 is 0 Å². The third kappa shape index (κ3) is 2.25. The molecule has 2 heterocycles. The summed E-state index contributed by atoms with van der Waals surface area (Å²) in [7, 11) is 0. The van der Waals surface area contributed by atoms with E-state index in [-0.39, 0.29) is 12.0 Å². The molecule has 3 rings (SSSR count). The van der Waals surface area contributed by atoms with Crippen LogP contribution in [0.4, 0.5) is 0 Å². The van der Waals surface area contributed by atoms with Gasteiger partial charge in [-0.1, -0.05) is 19.0 Å². The van der Waals surface area contributed by atoms with E-state index in [4.69, 9.17) is 10.3 Å². The summed E-state index contributed by atoms with van der Waals surface area (Å²) in [6, 6.07) is 5.41. The second kappa shape index (κ2) is 4.97. The molecule has 0 saturated heterocycles. The minimum Gasteiger partial charge on any atom is -0.337 e. The van der Waals surface area contributed by atoms with E-state index in [1.54, 1.807) is 12.4 Å². The van der Waals surface area contributed by atoms with Gasteiger partial charge in [-0.05, 0) is 24.1 Å². The maximum Gasteiger partial charge on any atom is 0.244 e. The Morgan fingerprint density at radius 2 is 1.85 bits per heavy atom. The third-order valence-electron chi connectivity index (χ3n) is 3.17. The molecule has 0 bridgehead atoms. The lowest BCUT2D eigenvalue weighted by Gasteiger charge is -2.09. The van der Waals surface area contributed by atoms with Gasteiger partial charge in [-0.25, -0.2) is 0 Å². The van der Waals surface area contributed by atoms with Crippen LogP contribution in [0.1, 0.15) is 25.8 Å². The zero-order valence-electron chi connectivity index (χ0n) is 11.3. The summed E-state index contributed by atoms with van der Waals surface area (Å²) < 4.78 is 5.23. The van der Waals surface area contributed by atoms with Gasteiger partial charge in [-0.3, -0.25) is 9.97 Å². The van der Waals surface area contributed by atoms with Crippen molar-refractivity contribution in [2.45, 2.75) is 19.9 Å². The van der Waals surface area contributed by atoms with Gasteiger partial charge < -0.3 is 10.3 Å². The first-order valence-electron chi connectivity index (χ1n) is 6.45. The highest BCUT2D eigenvalue weighted by molar-refractivity contribution is 5.79. The highest BCUT2D eigenvalue weighted by Gasteiger charge is 2.18. The summed E-state index contributed by atoms with van der Waals surface area (Å²) in [5, 5.41) is 3.98. The lowest BCUT2D eigenvalue weighted by atomic mass is 10.1. The molecule has 0 amide bonds. The summed E-state index contributed by atoms with van der Waals surface area (Å²) in [6.07, 6.45) is 3.32. The normalized spacial score (nSPS) is 13.0. The first-order chi connectivity index (χ1) is 9.65. The SMILES string of the molecule is CC(C)C(N)c1nc(-c2ccc3nccnc3c2)no1. The molecular formula is C14H15N5O. The molecular weight excluding hydrogens is 254 g/mol. The van der Waals surface area contributed by atoms with Crippen molar-refractivity contribution in [1.82, 2.24) is 20.1 Å². The van der Waals surface area contributed by atoms with E-state index in [1.165, 1.54) is 0 Å². The van der Waals surface area contributed by atoms with Crippen molar-refractivity contribution in [2.24, 2.45) is 11.7 Å². The molecule has 6 nitrogen and oxygen atoms in total. The van der Waals surface area contributed by atoms with Crippen molar-refractivity contribution in [3.05, 3.63) is 36.5 Å². The van der Waals surface area contributed by atoms with Gasteiger partial charge in [0.1, 0.15) is 0 Å². The largest absolute Gasteiger partial charge is 0.337 e. The smallest absolute Gasteiger partial charge is 0.244 e. The quantitative estimate of drug-likeness (QED) is 0.784. The van der Waals surface area contributed by atoms with Gasteiger partial charge in [0.15, 0.2) is 0 Å². The zero-order chi connectivity index (χ0) is 14.1. The Hall–Kier alpha value is -2.34. The average molecular weight is 269 g/mol. The van der Waals surface area contributed by atoms with E-state index in [0.717, 1.165) is 16.6 Å². The predicted molar refractivity (Wildman–Crippen MR) is 74.6 cm³/mol. The molecule has 1 aromatic carbocycles. The maximum atomic E-state index is 6.00. The topological polar surface area (TPSA) is 90.7 Å². The fraction of sp³-hybridized carbons (Fsp3) is 0.286.